The largest absolute Gasteiger partial charge is 0.496 e. The Balaban J connectivity index is 2.29. The summed E-state index contributed by atoms with van der Waals surface area (Å²) < 4.78 is 5.26. The maximum atomic E-state index is 11.0. The minimum absolute atomic E-state index is 0.403. The van der Waals surface area contributed by atoms with Crippen molar-refractivity contribution in [3.63, 3.8) is 0 Å². The Kier molecular flexibility index (Phi) is 4.51. The maximum Gasteiger partial charge on any atom is 0.230 e. The minimum atomic E-state index is -0.415. The average molecular weight is 313 g/mol. The first-order valence-electron chi connectivity index (χ1n) is 5.73. The average Bonchev–Trinajstić information content (AvgIpc) is 2.87. The van der Waals surface area contributed by atoms with Crippen LogP contribution in [0, 0.1) is 0 Å². The van der Waals surface area contributed by atoms with Crippen molar-refractivity contribution in [2.24, 2.45) is 5.73 Å². The van der Waals surface area contributed by atoms with Gasteiger partial charge in [0.15, 0.2) is 5.82 Å². The lowest BCUT2D eigenvalue weighted by Gasteiger charge is -2.05. The summed E-state index contributed by atoms with van der Waals surface area (Å²) in [6.45, 7) is 1.70. The van der Waals surface area contributed by atoms with Gasteiger partial charge >= 0.3 is 0 Å². The van der Waals surface area contributed by atoms with Crippen LogP contribution < -0.4 is 10.5 Å². The fourth-order valence-electron chi connectivity index (χ4n) is 1.50. The quantitative estimate of drug-likeness (QED) is 0.825. The molecule has 0 saturated heterocycles. The van der Waals surface area contributed by atoms with Crippen molar-refractivity contribution in [3.05, 3.63) is 23.2 Å². The number of methoxy groups -OCH3 is 1. The van der Waals surface area contributed by atoms with Gasteiger partial charge in [-0.05, 0) is 25.1 Å². The molecule has 2 aromatic rings. The predicted octanol–water partition coefficient (Wildman–Crippen LogP) is 2.10. The Labute approximate surface area is 125 Å². The van der Waals surface area contributed by atoms with Gasteiger partial charge in [0.2, 0.25) is 11.1 Å². The number of carbonyl (C=O) groups excluding carboxylic acids is 1. The molecule has 20 heavy (non-hydrogen) atoms. The van der Waals surface area contributed by atoms with Crippen molar-refractivity contribution >= 4 is 29.3 Å². The van der Waals surface area contributed by atoms with Gasteiger partial charge in [-0.15, -0.1) is 5.10 Å². The van der Waals surface area contributed by atoms with Gasteiger partial charge < -0.3 is 10.5 Å². The molecular formula is C12H13ClN4O2S. The van der Waals surface area contributed by atoms with Crippen LogP contribution in [0.2, 0.25) is 5.02 Å². The van der Waals surface area contributed by atoms with Crippen molar-refractivity contribution in [1.82, 2.24) is 15.2 Å². The van der Waals surface area contributed by atoms with E-state index in [1.165, 1.54) is 11.8 Å². The Hall–Kier alpha value is -1.73. The number of hydrogen-bond donors (Lipinski definition) is 2. The fraction of sp³-hybridized carbons (Fsp3) is 0.250. The minimum Gasteiger partial charge on any atom is -0.496 e. The molecule has 1 atom stereocenters. The molecule has 1 aromatic heterocycles. The molecule has 0 fully saturated rings. The third-order valence-electron chi connectivity index (χ3n) is 2.56. The smallest absolute Gasteiger partial charge is 0.230 e. The van der Waals surface area contributed by atoms with Crippen LogP contribution >= 0.6 is 23.4 Å². The SMILES string of the molecule is COc1ccc(Cl)cc1-c1nc(SC(C)C(N)=O)n[nH]1. The summed E-state index contributed by atoms with van der Waals surface area (Å²) in [5.74, 6) is 0.732. The highest BCUT2D eigenvalue weighted by Gasteiger charge is 2.16. The van der Waals surface area contributed by atoms with Crippen LogP contribution in [0.15, 0.2) is 23.4 Å². The van der Waals surface area contributed by atoms with Crippen LogP contribution in [0.25, 0.3) is 11.4 Å². The van der Waals surface area contributed by atoms with Crippen molar-refractivity contribution in [2.75, 3.05) is 7.11 Å². The van der Waals surface area contributed by atoms with Crippen LogP contribution in [0.5, 0.6) is 5.75 Å². The summed E-state index contributed by atoms with van der Waals surface area (Å²) in [5, 5.41) is 7.44. The van der Waals surface area contributed by atoms with Crippen LogP contribution in [0.4, 0.5) is 0 Å². The molecule has 1 amide bonds. The molecule has 0 bridgehead atoms. The van der Waals surface area contributed by atoms with E-state index in [-0.39, 0.29) is 0 Å². The van der Waals surface area contributed by atoms with Crippen molar-refractivity contribution in [1.29, 1.82) is 0 Å². The molecule has 1 unspecified atom stereocenters. The first kappa shape index (κ1) is 14.7. The first-order valence-corrected chi connectivity index (χ1v) is 6.99. The molecule has 0 aliphatic carbocycles. The number of primary amides is 1. The molecule has 6 nitrogen and oxygen atoms in total. The number of ether oxygens (including phenoxy) is 1. The number of carbonyl (C=O) groups is 1. The van der Waals surface area contributed by atoms with E-state index in [1.807, 2.05) is 0 Å². The van der Waals surface area contributed by atoms with Gasteiger partial charge in [-0.2, -0.15) is 0 Å². The third-order valence-corrected chi connectivity index (χ3v) is 3.78. The van der Waals surface area contributed by atoms with Gasteiger partial charge in [-0.25, -0.2) is 4.98 Å². The molecule has 0 radical (unpaired) electrons. The van der Waals surface area contributed by atoms with E-state index in [2.05, 4.69) is 15.2 Å². The number of amides is 1. The summed E-state index contributed by atoms with van der Waals surface area (Å²) in [6, 6.07) is 5.21. The second-order valence-electron chi connectivity index (χ2n) is 3.97. The lowest BCUT2D eigenvalue weighted by molar-refractivity contribution is -0.117. The molecular weight excluding hydrogens is 300 g/mol. The van der Waals surface area contributed by atoms with Crippen LogP contribution in [0.1, 0.15) is 6.92 Å². The Morgan fingerprint density at radius 2 is 2.30 bits per heavy atom. The molecule has 0 spiro atoms. The van der Waals surface area contributed by atoms with Gasteiger partial charge in [0.1, 0.15) is 5.75 Å². The van der Waals surface area contributed by atoms with Gasteiger partial charge in [0.05, 0.1) is 17.9 Å². The zero-order valence-corrected chi connectivity index (χ0v) is 12.5. The Morgan fingerprint density at radius 3 is 2.95 bits per heavy atom. The molecule has 106 valence electrons. The highest BCUT2D eigenvalue weighted by atomic mass is 35.5. The molecule has 3 N–H and O–H groups in total. The van der Waals surface area contributed by atoms with Crippen LogP contribution in [-0.4, -0.2) is 33.4 Å². The van der Waals surface area contributed by atoms with E-state index in [1.54, 1.807) is 32.2 Å². The maximum absolute atomic E-state index is 11.0. The lowest BCUT2D eigenvalue weighted by Crippen LogP contribution is -2.22. The van der Waals surface area contributed by atoms with Crippen molar-refractivity contribution in [2.45, 2.75) is 17.3 Å². The molecule has 1 heterocycles. The second kappa shape index (κ2) is 6.15. The predicted molar refractivity (Wildman–Crippen MR) is 77.9 cm³/mol. The second-order valence-corrected chi connectivity index (χ2v) is 5.72. The number of H-pyrrole nitrogens is 1. The first-order chi connectivity index (χ1) is 9.51. The summed E-state index contributed by atoms with van der Waals surface area (Å²) in [4.78, 5) is 15.3. The van der Waals surface area contributed by atoms with Gasteiger partial charge in [0, 0.05) is 5.02 Å². The number of thioether (sulfide) groups is 1. The topological polar surface area (TPSA) is 93.9 Å². The van der Waals surface area contributed by atoms with Gasteiger partial charge in [-0.3, -0.25) is 9.89 Å². The molecule has 0 aliphatic rings. The number of nitrogens with zero attached hydrogens (tertiary/aromatic N) is 2. The number of aromatic amines is 1. The van der Waals surface area contributed by atoms with E-state index in [9.17, 15) is 4.79 Å². The highest BCUT2D eigenvalue weighted by molar-refractivity contribution is 8.00. The van der Waals surface area contributed by atoms with E-state index < -0.39 is 11.2 Å². The van der Waals surface area contributed by atoms with Crippen LogP contribution in [0.3, 0.4) is 0 Å². The number of benzene rings is 1. The number of nitrogens with one attached hydrogen (secondary N) is 1. The molecule has 1 aromatic carbocycles. The standard InChI is InChI=1S/C12H13ClN4O2S/c1-6(10(14)18)20-12-15-11(16-17-12)8-5-7(13)3-4-9(8)19-2/h3-6H,1-2H3,(H2,14,18)(H,15,16,17). The molecule has 0 saturated carbocycles. The summed E-state index contributed by atoms with van der Waals surface area (Å²) in [6.07, 6.45) is 0. The van der Waals surface area contributed by atoms with E-state index in [0.717, 1.165) is 0 Å². The zero-order valence-electron chi connectivity index (χ0n) is 10.9. The van der Waals surface area contributed by atoms with E-state index in [0.29, 0.717) is 27.3 Å². The number of halogens is 1. The summed E-state index contributed by atoms with van der Waals surface area (Å²) in [5.41, 5.74) is 5.90. The lowest BCUT2D eigenvalue weighted by atomic mass is 10.2. The number of rotatable bonds is 5. The summed E-state index contributed by atoms with van der Waals surface area (Å²) >= 11 is 7.16. The molecule has 0 aliphatic heterocycles. The van der Waals surface area contributed by atoms with Gasteiger partial charge in [0.25, 0.3) is 0 Å². The monoisotopic (exact) mass is 312 g/mol. The third kappa shape index (κ3) is 3.23. The normalized spacial score (nSPS) is 12.2. The van der Waals surface area contributed by atoms with Crippen molar-refractivity contribution < 1.29 is 9.53 Å². The van der Waals surface area contributed by atoms with E-state index in [4.69, 9.17) is 22.1 Å². The van der Waals surface area contributed by atoms with Gasteiger partial charge in [-0.1, -0.05) is 23.4 Å². The number of aromatic nitrogens is 3. The molecule has 2 rings (SSSR count). The van der Waals surface area contributed by atoms with Crippen LogP contribution in [-0.2, 0) is 4.79 Å². The van der Waals surface area contributed by atoms with Crippen molar-refractivity contribution in [3.8, 4) is 17.1 Å². The Bertz CT molecular complexity index is 632. The zero-order chi connectivity index (χ0) is 14.7. The summed E-state index contributed by atoms with van der Waals surface area (Å²) in [7, 11) is 1.56. The molecule has 8 heteroatoms. The number of nitrogens with two attached hydrogens (primary N) is 1. The van der Waals surface area contributed by atoms with E-state index >= 15 is 0 Å². The highest BCUT2D eigenvalue weighted by Crippen LogP contribution is 2.31. The Morgan fingerprint density at radius 1 is 1.55 bits per heavy atom. The fourth-order valence-corrected chi connectivity index (χ4v) is 2.35. The number of hydrogen-bond acceptors (Lipinski definition) is 5.